The lowest BCUT2D eigenvalue weighted by Gasteiger charge is -2.39. The Morgan fingerprint density at radius 3 is 2.15 bits per heavy atom. The Balaban J connectivity index is 1.18. The third-order valence-electron chi connectivity index (χ3n) is 12.3. The van der Waals surface area contributed by atoms with E-state index in [2.05, 4.69) is 33.3 Å². The van der Waals surface area contributed by atoms with Gasteiger partial charge in [-0.2, -0.15) is 0 Å². The van der Waals surface area contributed by atoms with Crippen molar-refractivity contribution in [2.75, 3.05) is 37.6 Å². The number of benzene rings is 3. The topological polar surface area (TPSA) is 95.8 Å². The minimum Gasteiger partial charge on any atom is -0.455 e. The van der Waals surface area contributed by atoms with E-state index >= 15 is 0 Å². The summed E-state index contributed by atoms with van der Waals surface area (Å²) in [6, 6.07) is 8.88. The largest absolute Gasteiger partial charge is 0.455 e. The second kappa shape index (κ2) is 15.9. The predicted molar refractivity (Wildman–Crippen MR) is 217 cm³/mol. The Morgan fingerprint density at radius 1 is 0.741 bits per heavy atom. The van der Waals surface area contributed by atoms with E-state index in [0.29, 0.717) is 12.1 Å². The third-order valence-corrected chi connectivity index (χ3v) is 15.1. The smallest absolute Gasteiger partial charge is 0.261 e. The number of ether oxygens (including phenoxy) is 1. The highest BCUT2D eigenvalue weighted by Gasteiger charge is 2.37. The predicted octanol–water partition coefficient (Wildman–Crippen LogP) is 7.25. The van der Waals surface area contributed by atoms with E-state index in [1.165, 1.54) is 90.4 Å². The summed E-state index contributed by atoms with van der Waals surface area (Å²) in [5.74, 6) is 1.61. The zero-order chi connectivity index (χ0) is 37.5. The molecule has 0 fully saturated rings. The van der Waals surface area contributed by atoms with Crippen molar-refractivity contribution in [2.24, 2.45) is 0 Å². The second-order valence-corrected chi connectivity index (χ2v) is 20.3. The SMILES string of the molecule is CCCCCCCCCCCCNS(=O)(=O)c1ccc(C2=c3cc4c5c(c3Oc3c2cc2c6c3CCCN6CCC2)CCC[N+]=5CCC4)c(S(=O)(=O)Cl)c1. The monoisotopic (exact) mass is 792 g/mol. The zero-order valence-corrected chi connectivity index (χ0v) is 34.2. The Labute approximate surface area is 326 Å². The van der Waals surface area contributed by atoms with Gasteiger partial charge in [-0.25, -0.2) is 26.1 Å². The van der Waals surface area contributed by atoms with Crippen LogP contribution in [0.25, 0.3) is 5.57 Å². The summed E-state index contributed by atoms with van der Waals surface area (Å²) in [4.78, 5) is 2.20. The third kappa shape index (κ3) is 7.37. The van der Waals surface area contributed by atoms with Crippen LogP contribution < -0.4 is 29.5 Å². The van der Waals surface area contributed by atoms with Gasteiger partial charge in [-0.3, -0.25) is 0 Å². The van der Waals surface area contributed by atoms with Crippen LogP contribution in [-0.4, -0.2) is 49.6 Å². The van der Waals surface area contributed by atoms with Gasteiger partial charge in [0.05, 0.1) is 15.4 Å². The van der Waals surface area contributed by atoms with Crippen LogP contribution >= 0.6 is 10.7 Å². The van der Waals surface area contributed by atoms with Crippen molar-refractivity contribution in [1.29, 1.82) is 0 Å². The van der Waals surface area contributed by atoms with E-state index in [1.807, 2.05) is 0 Å². The minimum absolute atomic E-state index is 0.0991. The molecule has 0 aliphatic carbocycles. The average Bonchev–Trinajstić information content (AvgIpc) is 3.16. The van der Waals surface area contributed by atoms with Crippen LogP contribution in [0.1, 0.15) is 130 Å². The molecule has 5 aliphatic heterocycles. The molecule has 0 amide bonds. The summed E-state index contributed by atoms with van der Waals surface area (Å²) in [5.41, 5.74) is 8.23. The standard InChI is InChI=1S/C43H55ClN3O5S2/c1-2-3-4-5-6-7-8-9-10-11-22-45-54(50,51)32-20-21-33(38(29-32)53(44,48)49)39-36-27-30-16-12-23-46-25-14-18-34(40(30)46)42(36)52-43-35-19-15-26-47-24-13-17-31(41(35)47)28-37(39)43/h20-21,27-29,45H,2-19,22-26H2,1H3/q+1. The van der Waals surface area contributed by atoms with Crippen molar-refractivity contribution in [3.63, 3.8) is 0 Å². The summed E-state index contributed by atoms with van der Waals surface area (Å²) < 4.78 is 66.7. The van der Waals surface area contributed by atoms with Crippen molar-refractivity contribution in [3.8, 4) is 11.5 Å². The summed E-state index contributed by atoms with van der Waals surface area (Å²) in [5, 5.41) is 2.15. The van der Waals surface area contributed by atoms with E-state index in [0.717, 1.165) is 125 Å². The molecule has 0 saturated carbocycles. The number of rotatable bonds is 15. The number of fused-ring (bicyclic) bond motifs is 4. The first-order chi connectivity index (χ1) is 26.2. The van der Waals surface area contributed by atoms with Gasteiger partial charge in [-0.15, -0.1) is 0 Å². The highest BCUT2D eigenvalue weighted by atomic mass is 35.7. The fourth-order valence-electron chi connectivity index (χ4n) is 9.78. The van der Waals surface area contributed by atoms with Crippen LogP contribution in [-0.2, 0) is 44.8 Å². The highest BCUT2D eigenvalue weighted by Crippen LogP contribution is 2.49. The summed E-state index contributed by atoms with van der Waals surface area (Å²) in [6.45, 7) is 6.63. The van der Waals surface area contributed by atoms with E-state index in [-0.39, 0.29) is 9.79 Å². The van der Waals surface area contributed by atoms with Gasteiger partial charge in [0.2, 0.25) is 15.4 Å². The Bertz CT molecular complexity index is 2300. The van der Waals surface area contributed by atoms with Crippen LogP contribution in [0.2, 0.25) is 0 Å². The maximum absolute atomic E-state index is 13.6. The van der Waals surface area contributed by atoms with Gasteiger partial charge in [0.25, 0.3) is 9.05 Å². The minimum atomic E-state index is -4.38. The van der Waals surface area contributed by atoms with Crippen LogP contribution in [0.15, 0.2) is 40.1 Å². The number of hydrogen-bond donors (Lipinski definition) is 1. The lowest BCUT2D eigenvalue weighted by Crippen LogP contribution is -2.45. The molecule has 1 N–H and O–H groups in total. The van der Waals surface area contributed by atoms with E-state index < -0.39 is 19.1 Å². The molecule has 5 aliphatic rings. The molecule has 290 valence electrons. The van der Waals surface area contributed by atoms with Gasteiger partial charge in [0, 0.05) is 81.9 Å². The molecular formula is C43H55ClN3O5S2+. The summed E-state index contributed by atoms with van der Waals surface area (Å²) in [6.07, 6.45) is 19.4. The molecule has 3 aromatic rings. The maximum atomic E-state index is 13.6. The zero-order valence-electron chi connectivity index (χ0n) is 31.8. The Kier molecular flexibility index (Phi) is 11.2. The lowest BCUT2D eigenvalue weighted by atomic mass is 9.82. The van der Waals surface area contributed by atoms with Gasteiger partial charge >= 0.3 is 0 Å². The number of aryl methyl sites for hydroxylation is 2. The molecule has 54 heavy (non-hydrogen) atoms. The van der Waals surface area contributed by atoms with E-state index in [1.54, 1.807) is 6.07 Å². The van der Waals surface area contributed by atoms with Crippen LogP contribution in [0, 0.1) is 0 Å². The molecule has 0 aromatic heterocycles. The number of unbranched alkanes of at least 4 members (excludes halogenated alkanes) is 9. The van der Waals surface area contributed by atoms with Gasteiger partial charge in [-0.05, 0) is 74.8 Å². The quantitative estimate of drug-likeness (QED) is 0.0775. The molecule has 0 radical (unpaired) electrons. The highest BCUT2D eigenvalue weighted by molar-refractivity contribution is 8.13. The number of halogens is 1. The van der Waals surface area contributed by atoms with Crippen molar-refractivity contribution < 1.29 is 21.6 Å². The average molecular weight is 794 g/mol. The molecular weight excluding hydrogens is 738 g/mol. The first-order valence-corrected chi connectivity index (χ1v) is 24.5. The number of nitrogens with one attached hydrogen (secondary N) is 1. The van der Waals surface area contributed by atoms with Gasteiger partial charge in [0.15, 0.2) is 0 Å². The Hall–Kier alpha value is -2.92. The lowest BCUT2D eigenvalue weighted by molar-refractivity contribution is 0.431. The first kappa shape index (κ1) is 38.0. The number of anilines is 1. The van der Waals surface area contributed by atoms with Crippen molar-refractivity contribution in [3.05, 3.63) is 74.3 Å². The second-order valence-electron chi connectivity index (χ2n) is 16.0. The molecule has 0 unspecified atom stereocenters. The molecule has 0 spiro atoms. The first-order valence-electron chi connectivity index (χ1n) is 20.7. The normalized spacial score (nSPS) is 17.4. The summed E-state index contributed by atoms with van der Waals surface area (Å²) in [7, 11) is -2.07. The van der Waals surface area contributed by atoms with Crippen molar-refractivity contribution in [1.82, 2.24) is 9.30 Å². The summed E-state index contributed by atoms with van der Waals surface area (Å²) >= 11 is 0. The molecule has 5 heterocycles. The number of nitrogens with zero attached hydrogens (tertiary/aromatic N) is 2. The molecule has 3 aromatic carbocycles. The van der Waals surface area contributed by atoms with Gasteiger partial charge in [0.1, 0.15) is 24.6 Å². The van der Waals surface area contributed by atoms with E-state index in [4.69, 9.17) is 15.4 Å². The molecule has 0 atom stereocenters. The molecule has 8 nitrogen and oxygen atoms in total. The molecule has 0 saturated heterocycles. The number of hydrogen-bond acceptors (Lipinski definition) is 6. The van der Waals surface area contributed by atoms with Gasteiger partial charge < -0.3 is 9.64 Å². The fraction of sp³-hybridized carbons (Fsp3) is 0.558. The van der Waals surface area contributed by atoms with Crippen molar-refractivity contribution in [2.45, 2.75) is 132 Å². The Morgan fingerprint density at radius 2 is 1.41 bits per heavy atom. The van der Waals surface area contributed by atoms with Crippen LogP contribution in [0.5, 0.6) is 11.5 Å². The number of sulfonamides is 1. The van der Waals surface area contributed by atoms with E-state index in [9.17, 15) is 16.8 Å². The van der Waals surface area contributed by atoms with Crippen LogP contribution in [0.4, 0.5) is 5.69 Å². The fourth-order valence-corrected chi connectivity index (χ4v) is 12.0. The van der Waals surface area contributed by atoms with Gasteiger partial charge in [-0.1, -0.05) is 70.8 Å². The maximum Gasteiger partial charge on any atom is 0.261 e. The molecule has 11 heteroatoms. The van der Waals surface area contributed by atoms with Crippen molar-refractivity contribution >= 4 is 41.0 Å². The van der Waals surface area contributed by atoms with Crippen LogP contribution in [0.3, 0.4) is 0 Å². The molecule has 8 rings (SSSR count). The molecule has 0 bridgehead atoms.